The number of fused-ring (bicyclic) bond motifs is 3. The van der Waals surface area contributed by atoms with Gasteiger partial charge in [-0.15, -0.1) is 0 Å². The number of Topliss-reactive ketones (excluding diaryl/α,β-unsaturated/α-hetero) is 1. The summed E-state index contributed by atoms with van der Waals surface area (Å²) in [4.78, 5) is 42.2. The third-order valence-electron chi connectivity index (χ3n) is 12.4. The molecule has 46 heavy (non-hydrogen) atoms. The highest BCUT2D eigenvalue weighted by atomic mass is 16.5. The number of phenolic OH excluding ortho intramolecular Hbond substituents is 2. The SMILES string of the molecule is COC1=CC(=O)C2(c3cc(=O)c4c(O)cc(O)cc4o3)C(CC=C(C)C2C[C@@]2(O)C(C)(O)CC[C@H]3C(C)(C)C[C@H](O)C[C@@]32C)C1=O. The van der Waals surface area contributed by atoms with Crippen molar-refractivity contribution in [2.45, 2.75) is 95.9 Å². The number of carbonyl (C=O) groups excluding carboxylic acids is 2. The number of aromatic hydroxyl groups is 2. The Morgan fingerprint density at radius 3 is 2.39 bits per heavy atom. The Balaban J connectivity index is 1.64. The highest BCUT2D eigenvalue weighted by Crippen LogP contribution is 2.67. The lowest BCUT2D eigenvalue weighted by Crippen LogP contribution is -2.72. The van der Waals surface area contributed by atoms with Crippen molar-refractivity contribution < 1.29 is 44.3 Å². The minimum absolute atomic E-state index is 0.0820. The zero-order valence-corrected chi connectivity index (χ0v) is 27.2. The summed E-state index contributed by atoms with van der Waals surface area (Å²) < 4.78 is 11.6. The molecule has 0 amide bonds. The lowest BCUT2D eigenvalue weighted by molar-refractivity contribution is -0.288. The zero-order chi connectivity index (χ0) is 33.8. The normalized spacial score (nSPS) is 38.9. The van der Waals surface area contributed by atoms with Gasteiger partial charge in [0.2, 0.25) is 5.78 Å². The van der Waals surface area contributed by atoms with E-state index >= 15 is 0 Å². The number of aliphatic hydroxyl groups excluding tert-OH is 1. The van der Waals surface area contributed by atoms with Gasteiger partial charge in [-0.2, -0.15) is 0 Å². The van der Waals surface area contributed by atoms with Gasteiger partial charge in [0, 0.05) is 41.5 Å². The van der Waals surface area contributed by atoms with Crippen LogP contribution in [0.1, 0.15) is 78.9 Å². The molecule has 0 bridgehead atoms. The van der Waals surface area contributed by atoms with Crippen LogP contribution in [0.15, 0.2) is 50.9 Å². The van der Waals surface area contributed by atoms with Crippen LogP contribution in [0.4, 0.5) is 0 Å². The predicted octanol–water partition coefficient (Wildman–Crippen LogP) is 4.18. The Hall–Kier alpha value is -3.47. The van der Waals surface area contributed by atoms with Gasteiger partial charge in [0.1, 0.15) is 33.6 Å². The molecule has 2 fully saturated rings. The summed E-state index contributed by atoms with van der Waals surface area (Å²) in [6, 6.07) is 3.28. The van der Waals surface area contributed by atoms with Crippen molar-refractivity contribution in [1.82, 2.24) is 0 Å². The van der Waals surface area contributed by atoms with Crippen molar-refractivity contribution >= 4 is 22.5 Å². The van der Waals surface area contributed by atoms with E-state index in [4.69, 9.17) is 9.15 Å². The van der Waals surface area contributed by atoms with E-state index in [2.05, 4.69) is 13.8 Å². The summed E-state index contributed by atoms with van der Waals surface area (Å²) in [6.07, 6.45) is 3.82. The van der Waals surface area contributed by atoms with Crippen LogP contribution in [-0.4, -0.2) is 61.5 Å². The molecule has 2 aromatic rings. The molecule has 4 aliphatic rings. The second-order valence-corrected chi connectivity index (χ2v) is 15.3. The number of methoxy groups -OCH3 is 1. The van der Waals surface area contributed by atoms with Crippen LogP contribution in [0.2, 0.25) is 0 Å². The van der Waals surface area contributed by atoms with Crippen LogP contribution in [0.3, 0.4) is 0 Å². The molecule has 1 aromatic carbocycles. The minimum atomic E-state index is -1.86. The number of allylic oxidation sites excluding steroid dienone is 4. The molecule has 6 rings (SSSR count). The van der Waals surface area contributed by atoms with Crippen molar-refractivity contribution in [1.29, 1.82) is 0 Å². The van der Waals surface area contributed by atoms with Gasteiger partial charge in [0.25, 0.3) is 0 Å². The summed E-state index contributed by atoms with van der Waals surface area (Å²) in [5.74, 6) is -4.31. The van der Waals surface area contributed by atoms with Gasteiger partial charge >= 0.3 is 0 Å². The Labute approximate surface area is 267 Å². The second kappa shape index (κ2) is 10.3. The molecule has 248 valence electrons. The van der Waals surface area contributed by atoms with Crippen LogP contribution in [0, 0.1) is 28.6 Å². The first-order chi connectivity index (χ1) is 21.3. The Bertz CT molecular complexity index is 1760. The number of benzene rings is 1. The summed E-state index contributed by atoms with van der Waals surface area (Å²) in [6.45, 7) is 9.42. The maximum atomic E-state index is 14.6. The molecule has 0 aliphatic heterocycles. The molecule has 4 aliphatic carbocycles. The number of ketones is 2. The number of carbonyl (C=O) groups is 2. The lowest BCUT2D eigenvalue weighted by atomic mass is 9.41. The monoisotopic (exact) mass is 636 g/mol. The number of rotatable bonds is 4. The third-order valence-corrected chi connectivity index (χ3v) is 12.4. The van der Waals surface area contributed by atoms with E-state index in [-0.39, 0.29) is 65.3 Å². The number of hydrogen-bond acceptors (Lipinski definition) is 10. The molecular weight excluding hydrogens is 592 g/mol. The fraction of sp³-hybridized carbons (Fsp3) is 0.583. The molecule has 10 heteroatoms. The van der Waals surface area contributed by atoms with Crippen LogP contribution in [0.5, 0.6) is 11.5 Å². The van der Waals surface area contributed by atoms with Gasteiger partial charge in [-0.1, -0.05) is 32.4 Å². The molecule has 1 heterocycles. The summed E-state index contributed by atoms with van der Waals surface area (Å²) in [7, 11) is 1.30. The second-order valence-electron chi connectivity index (χ2n) is 15.3. The molecule has 0 radical (unpaired) electrons. The van der Waals surface area contributed by atoms with Gasteiger partial charge in [-0.25, -0.2) is 0 Å². The molecule has 10 nitrogen and oxygen atoms in total. The first-order valence-corrected chi connectivity index (χ1v) is 16.0. The standard InChI is InChI=1S/C36H44O10/c1-18-7-8-21-31(42)26(45-6)14-28(41)36(21,29-13-24(40)30-23(39)11-19(37)12-25(30)46-29)22(18)17-35(44)33(4)16-20(38)15-32(2,3)27(33)9-10-34(35,5)43/h7,11-14,20-22,27,37-39,43-44H,8-10,15-17H2,1-6H3/t20-,21?,22?,27-,33-,34?,35-,36?/m0/s1. The summed E-state index contributed by atoms with van der Waals surface area (Å²) in [5, 5.41) is 56.8. The average Bonchev–Trinajstić information content (AvgIpc) is 2.93. The molecule has 8 atom stereocenters. The van der Waals surface area contributed by atoms with Crippen LogP contribution >= 0.6 is 0 Å². The molecule has 5 N–H and O–H groups in total. The van der Waals surface area contributed by atoms with E-state index in [0.29, 0.717) is 18.4 Å². The first-order valence-electron chi connectivity index (χ1n) is 16.0. The number of aliphatic hydroxyl groups is 3. The highest BCUT2D eigenvalue weighted by Gasteiger charge is 2.70. The quantitative estimate of drug-likeness (QED) is 0.306. The Morgan fingerprint density at radius 1 is 1.02 bits per heavy atom. The lowest BCUT2D eigenvalue weighted by Gasteiger charge is -2.67. The maximum Gasteiger partial charge on any atom is 0.202 e. The first kappa shape index (κ1) is 32.5. The molecular formula is C36H44O10. The van der Waals surface area contributed by atoms with E-state index in [0.717, 1.165) is 24.3 Å². The smallest absolute Gasteiger partial charge is 0.202 e. The highest BCUT2D eigenvalue weighted by molar-refractivity contribution is 6.14. The Kier molecular flexibility index (Phi) is 7.24. The van der Waals surface area contributed by atoms with Crippen molar-refractivity contribution in [3.63, 3.8) is 0 Å². The summed E-state index contributed by atoms with van der Waals surface area (Å²) >= 11 is 0. The summed E-state index contributed by atoms with van der Waals surface area (Å²) in [5.41, 5.74) is -6.90. The van der Waals surface area contributed by atoms with Crippen molar-refractivity contribution in [2.24, 2.45) is 28.6 Å². The molecule has 4 unspecified atom stereocenters. The number of hydrogen-bond donors (Lipinski definition) is 5. The fourth-order valence-electron chi connectivity index (χ4n) is 10.3. The minimum Gasteiger partial charge on any atom is -0.508 e. The van der Waals surface area contributed by atoms with Crippen LogP contribution in [-0.2, 0) is 19.7 Å². The Morgan fingerprint density at radius 2 is 1.72 bits per heavy atom. The topological polar surface area (TPSA) is 175 Å². The van der Waals surface area contributed by atoms with Crippen molar-refractivity contribution in [2.75, 3.05) is 7.11 Å². The van der Waals surface area contributed by atoms with Crippen molar-refractivity contribution in [3.05, 3.63) is 57.7 Å². The average molecular weight is 637 g/mol. The van der Waals surface area contributed by atoms with Crippen molar-refractivity contribution in [3.8, 4) is 11.5 Å². The maximum absolute atomic E-state index is 14.6. The molecule has 0 spiro atoms. The largest absolute Gasteiger partial charge is 0.508 e. The van der Waals surface area contributed by atoms with Gasteiger partial charge in [0.05, 0.1) is 24.4 Å². The third kappa shape index (κ3) is 4.22. The predicted molar refractivity (Wildman–Crippen MR) is 168 cm³/mol. The number of phenols is 2. The van der Waals surface area contributed by atoms with Crippen LogP contribution < -0.4 is 5.43 Å². The molecule has 0 saturated heterocycles. The van der Waals surface area contributed by atoms with E-state index in [1.54, 1.807) is 13.8 Å². The van der Waals surface area contributed by atoms with Gasteiger partial charge in [-0.3, -0.25) is 14.4 Å². The van der Waals surface area contributed by atoms with E-state index in [9.17, 15) is 39.9 Å². The molecule has 2 saturated carbocycles. The van der Waals surface area contributed by atoms with E-state index < -0.39 is 62.7 Å². The van der Waals surface area contributed by atoms with E-state index in [1.807, 2.05) is 13.0 Å². The number of ether oxygens (including phenoxy) is 1. The zero-order valence-electron chi connectivity index (χ0n) is 27.2. The van der Waals surface area contributed by atoms with Gasteiger partial charge in [0.15, 0.2) is 17.0 Å². The van der Waals surface area contributed by atoms with Crippen LogP contribution in [0.25, 0.3) is 11.0 Å². The van der Waals surface area contributed by atoms with E-state index in [1.165, 1.54) is 7.11 Å². The molecule has 1 aromatic heterocycles. The fourth-order valence-corrected chi connectivity index (χ4v) is 10.3. The van der Waals surface area contributed by atoms with Gasteiger partial charge < -0.3 is 34.7 Å². The van der Waals surface area contributed by atoms with Gasteiger partial charge in [-0.05, 0) is 63.7 Å².